The number of aromatic nitrogens is 3. The highest BCUT2D eigenvalue weighted by Gasteiger charge is 1.92. The van der Waals surface area contributed by atoms with Gasteiger partial charge in [0.05, 0.1) is 0 Å². The van der Waals surface area contributed by atoms with Gasteiger partial charge < -0.3 is 5.73 Å². The van der Waals surface area contributed by atoms with Gasteiger partial charge in [0.2, 0.25) is 0 Å². The second-order valence-electron chi connectivity index (χ2n) is 1.66. The maximum atomic E-state index is 10.4. The lowest BCUT2D eigenvalue weighted by atomic mass is 10.4. The van der Waals surface area contributed by atoms with Crippen molar-refractivity contribution in [2.75, 3.05) is 6.54 Å². The molecule has 0 radical (unpaired) electrons. The van der Waals surface area contributed by atoms with Gasteiger partial charge in [-0.05, 0) is 6.54 Å². The van der Waals surface area contributed by atoms with E-state index in [4.69, 9.17) is 5.73 Å². The van der Waals surface area contributed by atoms with Crippen molar-refractivity contribution in [2.24, 2.45) is 5.73 Å². The first kappa shape index (κ1) is 6.03. The van der Waals surface area contributed by atoms with Crippen LogP contribution in [0.5, 0.6) is 0 Å². The van der Waals surface area contributed by atoms with Crippen molar-refractivity contribution in [3.05, 3.63) is 16.3 Å². The SMILES string of the molecule is NCCc1n[nH]c(=O)[nH]1. The molecule has 9 heavy (non-hydrogen) atoms. The van der Waals surface area contributed by atoms with Crippen LogP contribution in [0.2, 0.25) is 0 Å². The molecule has 50 valence electrons. The maximum Gasteiger partial charge on any atom is 0.340 e. The highest BCUT2D eigenvalue weighted by molar-refractivity contribution is 4.80. The number of hydrogen-bond acceptors (Lipinski definition) is 3. The fourth-order valence-electron chi connectivity index (χ4n) is 0.560. The van der Waals surface area contributed by atoms with Crippen LogP contribution in [0.4, 0.5) is 0 Å². The van der Waals surface area contributed by atoms with Gasteiger partial charge in [-0.1, -0.05) is 0 Å². The number of nitrogens with one attached hydrogen (secondary N) is 2. The summed E-state index contributed by atoms with van der Waals surface area (Å²) in [7, 11) is 0. The highest BCUT2D eigenvalue weighted by atomic mass is 16.1. The van der Waals surface area contributed by atoms with E-state index in [9.17, 15) is 4.79 Å². The normalized spacial score (nSPS) is 9.89. The lowest BCUT2D eigenvalue weighted by Crippen LogP contribution is -2.05. The van der Waals surface area contributed by atoms with Crippen LogP contribution in [0.25, 0.3) is 0 Å². The van der Waals surface area contributed by atoms with E-state index in [0.717, 1.165) is 0 Å². The van der Waals surface area contributed by atoms with Gasteiger partial charge in [0.25, 0.3) is 0 Å². The van der Waals surface area contributed by atoms with Gasteiger partial charge in [-0.3, -0.25) is 4.98 Å². The zero-order chi connectivity index (χ0) is 6.69. The predicted molar refractivity (Wildman–Crippen MR) is 32.0 cm³/mol. The monoisotopic (exact) mass is 128 g/mol. The minimum absolute atomic E-state index is 0.279. The van der Waals surface area contributed by atoms with E-state index in [-0.39, 0.29) is 5.69 Å². The quantitative estimate of drug-likeness (QED) is 0.457. The van der Waals surface area contributed by atoms with Gasteiger partial charge in [-0.2, -0.15) is 5.10 Å². The van der Waals surface area contributed by atoms with Crippen LogP contribution in [0.15, 0.2) is 4.79 Å². The Bertz CT molecular complexity index is 224. The molecule has 1 heterocycles. The largest absolute Gasteiger partial charge is 0.340 e. The molecule has 4 N–H and O–H groups in total. The van der Waals surface area contributed by atoms with Crippen LogP contribution in [0.3, 0.4) is 0 Å². The number of nitrogens with zero attached hydrogens (tertiary/aromatic N) is 1. The lowest BCUT2D eigenvalue weighted by Gasteiger charge is -1.84. The average Bonchev–Trinajstić information content (AvgIpc) is 2.17. The molecule has 0 unspecified atom stereocenters. The number of nitrogens with two attached hydrogens (primary N) is 1. The summed E-state index contributed by atoms with van der Waals surface area (Å²) in [6, 6.07) is 0. The van der Waals surface area contributed by atoms with Gasteiger partial charge in [0.15, 0.2) is 0 Å². The standard InChI is InChI=1S/C4H8N4O/c5-2-1-3-6-4(9)8-7-3/h1-2,5H2,(H2,6,7,8,9). The summed E-state index contributed by atoms with van der Waals surface area (Å²) in [5.41, 5.74) is 4.91. The minimum Gasteiger partial charge on any atom is -0.330 e. The first-order valence-electron chi connectivity index (χ1n) is 2.66. The van der Waals surface area contributed by atoms with Crippen molar-refractivity contribution in [1.82, 2.24) is 15.2 Å². The van der Waals surface area contributed by atoms with Gasteiger partial charge in [-0.15, -0.1) is 0 Å². The van der Waals surface area contributed by atoms with E-state index in [0.29, 0.717) is 18.8 Å². The molecule has 0 aliphatic carbocycles. The average molecular weight is 128 g/mol. The number of H-pyrrole nitrogens is 2. The Labute approximate surface area is 51.3 Å². The molecular formula is C4H8N4O. The number of aromatic amines is 2. The fraction of sp³-hybridized carbons (Fsp3) is 0.500. The van der Waals surface area contributed by atoms with Crippen LogP contribution in [0.1, 0.15) is 5.82 Å². The third-order valence-electron chi connectivity index (χ3n) is 0.931. The van der Waals surface area contributed by atoms with Crippen LogP contribution in [0, 0.1) is 0 Å². The molecule has 0 amide bonds. The molecule has 0 aliphatic rings. The molecule has 0 atom stereocenters. The Morgan fingerprint density at radius 3 is 2.89 bits per heavy atom. The smallest absolute Gasteiger partial charge is 0.330 e. The zero-order valence-corrected chi connectivity index (χ0v) is 4.85. The summed E-state index contributed by atoms with van der Waals surface area (Å²) in [5, 5.41) is 5.87. The van der Waals surface area contributed by atoms with Crippen LogP contribution < -0.4 is 11.4 Å². The first-order valence-corrected chi connectivity index (χ1v) is 2.66. The molecule has 0 fully saturated rings. The summed E-state index contributed by atoms with van der Waals surface area (Å²) < 4.78 is 0. The molecular weight excluding hydrogens is 120 g/mol. The molecule has 0 aromatic carbocycles. The number of rotatable bonds is 2. The van der Waals surface area contributed by atoms with Gasteiger partial charge >= 0.3 is 5.69 Å². The zero-order valence-electron chi connectivity index (χ0n) is 4.85. The van der Waals surface area contributed by atoms with Crippen molar-refractivity contribution >= 4 is 0 Å². The molecule has 0 spiro atoms. The third kappa shape index (κ3) is 1.39. The lowest BCUT2D eigenvalue weighted by molar-refractivity contribution is 0.874. The Hall–Kier alpha value is -1.10. The Morgan fingerprint density at radius 2 is 2.44 bits per heavy atom. The molecule has 1 aromatic rings. The second kappa shape index (κ2) is 2.45. The van der Waals surface area contributed by atoms with Gasteiger partial charge in [-0.25, -0.2) is 9.89 Å². The molecule has 5 nitrogen and oxygen atoms in total. The van der Waals surface area contributed by atoms with E-state index >= 15 is 0 Å². The molecule has 0 saturated heterocycles. The molecule has 0 bridgehead atoms. The van der Waals surface area contributed by atoms with Crippen molar-refractivity contribution in [2.45, 2.75) is 6.42 Å². The molecule has 0 aliphatic heterocycles. The summed E-state index contributed by atoms with van der Waals surface area (Å²) in [6.07, 6.45) is 0.610. The van der Waals surface area contributed by atoms with E-state index in [2.05, 4.69) is 15.2 Å². The van der Waals surface area contributed by atoms with E-state index in [1.165, 1.54) is 0 Å². The van der Waals surface area contributed by atoms with E-state index < -0.39 is 0 Å². The van der Waals surface area contributed by atoms with Crippen molar-refractivity contribution in [1.29, 1.82) is 0 Å². The third-order valence-corrected chi connectivity index (χ3v) is 0.931. The molecule has 5 heteroatoms. The van der Waals surface area contributed by atoms with E-state index in [1.807, 2.05) is 0 Å². The summed E-state index contributed by atoms with van der Waals surface area (Å²) >= 11 is 0. The van der Waals surface area contributed by atoms with Crippen LogP contribution in [-0.2, 0) is 6.42 Å². The highest BCUT2D eigenvalue weighted by Crippen LogP contribution is 1.78. The number of hydrogen-bond donors (Lipinski definition) is 3. The summed E-state index contributed by atoms with van der Waals surface area (Å²) in [6.45, 7) is 0.501. The second-order valence-corrected chi connectivity index (χ2v) is 1.66. The minimum atomic E-state index is -0.279. The van der Waals surface area contributed by atoms with Crippen molar-refractivity contribution in [3.63, 3.8) is 0 Å². The van der Waals surface area contributed by atoms with Crippen LogP contribution >= 0.6 is 0 Å². The van der Waals surface area contributed by atoms with Crippen molar-refractivity contribution in [3.8, 4) is 0 Å². The van der Waals surface area contributed by atoms with Gasteiger partial charge in [0, 0.05) is 6.42 Å². The van der Waals surface area contributed by atoms with Crippen molar-refractivity contribution < 1.29 is 0 Å². The fourth-order valence-corrected chi connectivity index (χ4v) is 0.560. The van der Waals surface area contributed by atoms with Gasteiger partial charge in [0.1, 0.15) is 5.82 Å². The van der Waals surface area contributed by atoms with Crippen LogP contribution in [-0.4, -0.2) is 21.7 Å². The predicted octanol–water partition coefficient (Wildman–Crippen LogP) is -1.40. The van der Waals surface area contributed by atoms with E-state index in [1.54, 1.807) is 0 Å². The Morgan fingerprint density at radius 1 is 1.67 bits per heavy atom. The summed E-state index contributed by atoms with van der Waals surface area (Å²) in [4.78, 5) is 12.8. The first-order chi connectivity index (χ1) is 4.33. The molecule has 1 rings (SSSR count). The maximum absolute atomic E-state index is 10.4. The Kier molecular flexibility index (Phi) is 1.64. The summed E-state index contributed by atoms with van der Waals surface area (Å²) in [5.74, 6) is 0.613. The molecule has 1 aromatic heterocycles. The molecule has 0 saturated carbocycles. The topological polar surface area (TPSA) is 87.6 Å². The Balaban J connectivity index is 2.73.